The van der Waals surface area contributed by atoms with E-state index in [2.05, 4.69) is 44.8 Å². The van der Waals surface area contributed by atoms with E-state index in [0.717, 1.165) is 13.1 Å². The van der Waals surface area contributed by atoms with E-state index in [1.54, 1.807) is 25.3 Å². The first-order valence-corrected chi connectivity index (χ1v) is 11.2. The van der Waals surface area contributed by atoms with E-state index in [4.69, 9.17) is 4.42 Å². The molecular formula is C24H37IN4O2. The molecule has 1 aliphatic rings. The van der Waals surface area contributed by atoms with Gasteiger partial charge in [-0.15, -0.1) is 24.0 Å². The lowest BCUT2D eigenvalue weighted by Crippen LogP contribution is -2.44. The molecule has 31 heavy (non-hydrogen) atoms. The fourth-order valence-corrected chi connectivity index (χ4v) is 3.74. The summed E-state index contributed by atoms with van der Waals surface area (Å²) in [6.07, 6.45) is 6.94. The van der Waals surface area contributed by atoms with Gasteiger partial charge in [0.05, 0.1) is 19.4 Å². The van der Waals surface area contributed by atoms with Gasteiger partial charge in [0.1, 0.15) is 11.4 Å². The van der Waals surface area contributed by atoms with Crippen molar-refractivity contribution in [1.29, 1.82) is 0 Å². The van der Waals surface area contributed by atoms with Gasteiger partial charge < -0.3 is 20.2 Å². The van der Waals surface area contributed by atoms with Crippen LogP contribution in [0.2, 0.25) is 0 Å². The molecule has 3 N–H and O–H groups in total. The zero-order chi connectivity index (χ0) is 21.2. The fraction of sp³-hybridized carbons (Fsp3) is 0.542. The van der Waals surface area contributed by atoms with Crippen LogP contribution >= 0.6 is 24.0 Å². The highest BCUT2D eigenvalue weighted by molar-refractivity contribution is 14.0. The van der Waals surface area contributed by atoms with Crippen molar-refractivity contribution in [2.75, 3.05) is 26.2 Å². The van der Waals surface area contributed by atoms with Gasteiger partial charge in [0, 0.05) is 13.1 Å². The number of halogens is 1. The molecule has 0 radical (unpaired) electrons. The lowest BCUT2D eigenvalue weighted by molar-refractivity contribution is 0.0386. The smallest absolute Gasteiger partial charge is 0.191 e. The molecule has 2 heterocycles. The second kappa shape index (κ2) is 13.1. The van der Waals surface area contributed by atoms with Gasteiger partial charge in [-0.3, -0.25) is 4.90 Å². The van der Waals surface area contributed by atoms with Crippen LogP contribution in [0.1, 0.15) is 56.4 Å². The minimum absolute atomic E-state index is 0. The number of aliphatic imine (C=N–C) groups is 1. The number of rotatable bonds is 8. The first-order chi connectivity index (χ1) is 14.6. The third-order valence-electron chi connectivity index (χ3n) is 5.54. The van der Waals surface area contributed by atoms with Crippen LogP contribution in [-0.4, -0.2) is 42.1 Å². The monoisotopic (exact) mass is 540 g/mol. The number of nitrogens with one attached hydrogen (secondary N) is 2. The molecule has 1 aromatic carbocycles. The molecule has 1 atom stereocenters. The number of aliphatic hydroxyl groups is 1. The third-order valence-corrected chi connectivity index (χ3v) is 5.54. The summed E-state index contributed by atoms with van der Waals surface area (Å²) >= 11 is 0. The molecule has 0 amide bonds. The predicted octanol–water partition coefficient (Wildman–Crippen LogP) is 4.24. The fourth-order valence-electron chi connectivity index (χ4n) is 3.74. The van der Waals surface area contributed by atoms with Crippen LogP contribution in [0.3, 0.4) is 0 Å². The van der Waals surface area contributed by atoms with Gasteiger partial charge in [0.2, 0.25) is 0 Å². The van der Waals surface area contributed by atoms with Gasteiger partial charge in [0.15, 0.2) is 5.96 Å². The Labute approximate surface area is 203 Å². The van der Waals surface area contributed by atoms with Gasteiger partial charge in [-0.25, -0.2) is 4.99 Å². The number of hydrogen-bond acceptors (Lipinski definition) is 4. The third kappa shape index (κ3) is 8.46. The van der Waals surface area contributed by atoms with Crippen molar-refractivity contribution in [2.24, 2.45) is 4.99 Å². The average molecular weight is 540 g/mol. The Hall–Kier alpha value is -1.58. The first-order valence-electron chi connectivity index (χ1n) is 11.2. The Bertz CT molecular complexity index is 767. The van der Waals surface area contributed by atoms with Gasteiger partial charge in [-0.1, -0.05) is 37.1 Å². The van der Waals surface area contributed by atoms with E-state index >= 15 is 0 Å². The Morgan fingerprint density at radius 1 is 1.06 bits per heavy atom. The molecule has 7 heteroatoms. The number of guanidine groups is 1. The number of benzene rings is 1. The predicted molar refractivity (Wildman–Crippen MR) is 137 cm³/mol. The van der Waals surface area contributed by atoms with Crippen molar-refractivity contribution >= 4 is 29.9 Å². The summed E-state index contributed by atoms with van der Waals surface area (Å²) in [5.41, 5.74) is 1.43. The van der Waals surface area contributed by atoms with Crippen molar-refractivity contribution < 1.29 is 9.52 Å². The van der Waals surface area contributed by atoms with Crippen LogP contribution in [0.5, 0.6) is 0 Å². The van der Waals surface area contributed by atoms with E-state index in [1.807, 2.05) is 6.92 Å². The Balaban J connectivity index is 0.00000341. The Morgan fingerprint density at radius 2 is 1.74 bits per heavy atom. The zero-order valence-electron chi connectivity index (χ0n) is 18.8. The minimum atomic E-state index is -1.10. The summed E-state index contributed by atoms with van der Waals surface area (Å²) in [5.74, 6) is 1.21. The Morgan fingerprint density at radius 3 is 2.35 bits per heavy atom. The number of hydrogen-bond donors (Lipinski definition) is 3. The molecule has 0 bridgehead atoms. The molecule has 1 aliphatic heterocycles. The van der Waals surface area contributed by atoms with Gasteiger partial charge in [-0.2, -0.15) is 0 Å². The molecule has 2 aromatic rings. The van der Waals surface area contributed by atoms with Crippen LogP contribution in [0, 0.1) is 0 Å². The summed E-state index contributed by atoms with van der Waals surface area (Å²) in [6, 6.07) is 12.3. The number of likely N-dealkylation sites (tertiary alicyclic amines) is 1. The molecule has 0 aliphatic carbocycles. The summed E-state index contributed by atoms with van der Waals surface area (Å²) < 4.78 is 5.34. The maximum atomic E-state index is 10.6. The maximum Gasteiger partial charge on any atom is 0.191 e. The van der Waals surface area contributed by atoms with Gasteiger partial charge >= 0.3 is 0 Å². The quantitative estimate of drug-likeness (QED) is 0.266. The second-order valence-corrected chi connectivity index (χ2v) is 8.31. The number of nitrogens with zero attached hydrogens (tertiary/aromatic N) is 2. The van der Waals surface area contributed by atoms with Gasteiger partial charge in [0.25, 0.3) is 0 Å². The van der Waals surface area contributed by atoms with Crippen LogP contribution in [0.25, 0.3) is 0 Å². The van der Waals surface area contributed by atoms with E-state index in [9.17, 15) is 5.11 Å². The maximum absolute atomic E-state index is 10.6. The lowest BCUT2D eigenvalue weighted by atomic mass is 10.0. The standard InChI is InChI=1S/C24H36N4O2.HI/c1-3-25-23(27-19-24(2,29)22-9-8-16-30-22)26-17-20-10-12-21(13-11-20)18-28-14-6-4-5-7-15-28;/h8-13,16,29H,3-7,14-15,17-19H2,1-2H3,(H2,25,26,27);1H. The molecule has 172 valence electrons. The van der Waals surface area contributed by atoms with E-state index in [1.165, 1.54) is 49.9 Å². The molecule has 0 spiro atoms. The molecule has 3 rings (SSSR count). The van der Waals surface area contributed by atoms with E-state index in [-0.39, 0.29) is 24.0 Å². The summed E-state index contributed by atoms with van der Waals surface area (Å²) in [7, 11) is 0. The second-order valence-electron chi connectivity index (χ2n) is 8.31. The van der Waals surface area contributed by atoms with Crippen molar-refractivity contribution in [3.05, 3.63) is 59.5 Å². The highest BCUT2D eigenvalue weighted by atomic mass is 127. The molecule has 1 aromatic heterocycles. The molecule has 6 nitrogen and oxygen atoms in total. The highest BCUT2D eigenvalue weighted by Gasteiger charge is 2.26. The van der Waals surface area contributed by atoms with Crippen LogP contribution in [0.15, 0.2) is 52.1 Å². The first kappa shape index (κ1) is 25.7. The minimum Gasteiger partial charge on any atom is -0.466 e. The molecule has 1 fully saturated rings. The Kier molecular flexibility index (Phi) is 10.8. The molecular weight excluding hydrogens is 503 g/mol. The van der Waals surface area contributed by atoms with Gasteiger partial charge in [-0.05, 0) is 63.0 Å². The van der Waals surface area contributed by atoms with Crippen LogP contribution < -0.4 is 10.6 Å². The molecule has 1 saturated heterocycles. The number of furan rings is 1. The van der Waals surface area contributed by atoms with Crippen molar-refractivity contribution in [3.63, 3.8) is 0 Å². The SMILES string of the molecule is CCNC(=NCc1ccc(CN2CCCCCC2)cc1)NCC(C)(O)c1ccco1.I. The normalized spacial score (nSPS) is 17.3. The molecule has 1 unspecified atom stereocenters. The van der Waals surface area contributed by atoms with Crippen molar-refractivity contribution in [1.82, 2.24) is 15.5 Å². The summed E-state index contributed by atoms with van der Waals surface area (Å²) in [5, 5.41) is 17.1. The van der Waals surface area contributed by atoms with Crippen molar-refractivity contribution in [2.45, 2.75) is 58.2 Å². The molecule has 0 saturated carbocycles. The van der Waals surface area contributed by atoms with Crippen LogP contribution in [0.4, 0.5) is 0 Å². The van der Waals surface area contributed by atoms with E-state index < -0.39 is 5.60 Å². The highest BCUT2D eigenvalue weighted by Crippen LogP contribution is 2.19. The topological polar surface area (TPSA) is 73.0 Å². The lowest BCUT2D eigenvalue weighted by Gasteiger charge is -2.22. The van der Waals surface area contributed by atoms with E-state index in [0.29, 0.717) is 24.8 Å². The summed E-state index contributed by atoms with van der Waals surface area (Å²) in [4.78, 5) is 7.24. The van der Waals surface area contributed by atoms with Crippen molar-refractivity contribution in [3.8, 4) is 0 Å². The average Bonchev–Trinajstić information content (AvgIpc) is 3.18. The summed E-state index contributed by atoms with van der Waals surface area (Å²) in [6.45, 7) is 8.87. The largest absolute Gasteiger partial charge is 0.466 e. The van der Waals surface area contributed by atoms with Crippen LogP contribution in [-0.2, 0) is 18.7 Å². The zero-order valence-corrected chi connectivity index (χ0v) is 21.1.